The van der Waals surface area contributed by atoms with E-state index in [1.807, 2.05) is 20.8 Å². The Kier molecular flexibility index (Phi) is 6.58. The van der Waals surface area contributed by atoms with Crippen LogP contribution in [0.3, 0.4) is 0 Å². The average Bonchev–Trinajstić information content (AvgIpc) is 2.42. The highest BCUT2D eigenvalue weighted by Gasteiger charge is 2.18. The van der Waals surface area contributed by atoms with Gasteiger partial charge in [0, 0.05) is 19.0 Å². The Morgan fingerprint density at radius 2 is 1.54 bits per heavy atom. The second kappa shape index (κ2) is 7.82. The van der Waals surface area contributed by atoms with Crippen LogP contribution in [0.4, 0.5) is 0 Å². The monoisotopic (exact) mass is 332 g/mol. The summed E-state index contributed by atoms with van der Waals surface area (Å²) in [6.45, 7) is 12.4. The summed E-state index contributed by atoms with van der Waals surface area (Å²) in [7, 11) is 1.67. The standard InChI is InChI=1S/C20H32N2O2/c1-19(2,3)16-11-8-15(9-12-16)10-13-18(24)22(7)14-17(23)21-20(4,5)6/h8-9,11-12H,10,13-14H2,1-7H3,(H,21,23). The molecule has 0 spiro atoms. The first kappa shape index (κ1) is 20.2. The quantitative estimate of drug-likeness (QED) is 0.899. The molecule has 0 atom stereocenters. The van der Waals surface area contributed by atoms with Crippen molar-refractivity contribution in [3.63, 3.8) is 0 Å². The number of benzene rings is 1. The molecule has 24 heavy (non-hydrogen) atoms. The summed E-state index contributed by atoms with van der Waals surface area (Å²) in [5.74, 6) is -0.146. The van der Waals surface area contributed by atoms with Gasteiger partial charge in [-0.3, -0.25) is 9.59 Å². The third-order valence-electron chi connectivity index (χ3n) is 3.77. The Balaban J connectivity index is 2.49. The molecule has 0 unspecified atom stereocenters. The van der Waals surface area contributed by atoms with Crippen molar-refractivity contribution < 1.29 is 9.59 Å². The van der Waals surface area contributed by atoms with Crippen LogP contribution in [0.25, 0.3) is 0 Å². The number of aryl methyl sites for hydroxylation is 1. The lowest BCUT2D eigenvalue weighted by Crippen LogP contribution is -2.46. The highest BCUT2D eigenvalue weighted by molar-refractivity contribution is 5.85. The summed E-state index contributed by atoms with van der Waals surface area (Å²) in [6, 6.07) is 8.42. The highest BCUT2D eigenvalue weighted by atomic mass is 16.2. The van der Waals surface area contributed by atoms with Gasteiger partial charge in [0.1, 0.15) is 0 Å². The van der Waals surface area contributed by atoms with Gasteiger partial charge in [-0.25, -0.2) is 0 Å². The lowest BCUT2D eigenvalue weighted by atomic mass is 9.86. The van der Waals surface area contributed by atoms with Crippen LogP contribution in [0.15, 0.2) is 24.3 Å². The summed E-state index contributed by atoms with van der Waals surface area (Å²) in [6.07, 6.45) is 1.10. The molecule has 0 heterocycles. The summed E-state index contributed by atoms with van der Waals surface area (Å²) < 4.78 is 0. The largest absolute Gasteiger partial charge is 0.350 e. The van der Waals surface area contributed by atoms with E-state index in [0.717, 1.165) is 5.56 Å². The summed E-state index contributed by atoms with van der Waals surface area (Å²) in [5.41, 5.74) is 2.28. The molecule has 0 aromatic heterocycles. The van der Waals surface area contributed by atoms with Crippen LogP contribution >= 0.6 is 0 Å². The molecule has 4 heteroatoms. The Bertz CT molecular complexity index is 563. The first-order valence-electron chi connectivity index (χ1n) is 8.53. The molecule has 134 valence electrons. The molecule has 1 aromatic carbocycles. The lowest BCUT2D eigenvalue weighted by Gasteiger charge is -2.23. The van der Waals surface area contributed by atoms with E-state index < -0.39 is 0 Å². The number of nitrogens with one attached hydrogen (secondary N) is 1. The van der Waals surface area contributed by atoms with E-state index in [9.17, 15) is 9.59 Å². The van der Waals surface area contributed by atoms with Crippen LogP contribution in [-0.2, 0) is 21.4 Å². The van der Waals surface area contributed by atoms with E-state index >= 15 is 0 Å². The molecule has 4 nitrogen and oxygen atoms in total. The highest BCUT2D eigenvalue weighted by Crippen LogP contribution is 2.22. The van der Waals surface area contributed by atoms with Gasteiger partial charge in [0.2, 0.25) is 11.8 Å². The Morgan fingerprint density at radius 3 is 2.00 bits per heavy atom. The normalized spacial score (nSPS) is 12.0. The van der Waals surface area contributed by atoms with Gasteiger partial charge in [-0.2, -0.15) is 0 Å². The van der Waals surface area contributed by atoms with Gasteiger partial charge in [-0.1, -0.05) is 45.0 Å². The first-order chi connectivity index (χ1) is 10.9. The van der Waals surface area contributed by atoms with Gasteiger partial charge in [0.15, 0.2) is 0 Å². The molecule has 2 amide bonds. The smallest absolute Gasteiger partial charge is 0.240 e. The Hall–Kier alpha value is -1.84. The van der Waals surface area contributed by atoms with Crippen LogP contribution < -0.4 is 5.32 Å². The minimum absolute atomic E-state index is 0.0149. The van der Waals surface area contributed by atoms with Crippen molar-refractivity contribution in [3.8, 4) is 0 Å². The van der Waals surface area contributed by atoms with E-state index in [1.54, 1.807) is 7.05 Å². The molecule has 0 aliphatic heterocycles. The van der Waals surface area contributed by atoms with Crippen LogP contribution in [0, 0.1) is 0 Å². The zero-order valence-electron chi connectivity index (χ0n) is 16.2. The van der Waals surface area contributed by atoms with Gasteiger partial charge in [-0.15, -0.1) is 0 Å². The molecule has 1 N–H and O–H groups in total. The fourth-order valence-corrected chi connectivity index (χ4v) is 2.37. The second-order valence-electron chi connectivity index (χ2n) is 8.49. The molecular weight excluding hydrogens is 300 g/mol. The van der Waals surface area contributed by atoms with Crippen LogP contribution in [0.1, 0.15) is 59.1 Å². The molecule has 0 radical (unpaired) electrons. The fraction of sp³-hybridized carbons (Fsp3) is 0.600. The van der Waals surface area contributed by atoms with Crippen molar-refractivity contribution in [1.82, 2.24) is 10.2 Å². The molecule has 0 bridgehead atoms. The lowest BCUT2D eigenvalue weighted by molar-refractivity contribution is -0.135. The molecule has 0 fully saturated rings. The van der Waals surface area contributed by atoms with Crippen molar-refractivity contribution in [2.24, 2.45) is 0 Å². The maximum Gasteiger partial charge on any atom is 0.240 e. The zero-order chi connectivity index (χ0) is 18.5. The van der Waals surface area contributed by atoms with E-state index in [1.165, 1.54) is 10.5 Å². The van der Waals surface area contributed by atoms with Crippen molar-refractivity contribution in [2.75, 3.05) is 13.6 Å². The van der Waals surface area contributed by atoms with Gasteiger partial charge in [-0.05, 0) is 43.7 Å². The molecule has 1 rings (SSSR count). The topological polar surface area (TPSA) is 49.4 Å². The molecule has 1 aromatic rings. The van der Waals surface area contributed by atoms with Crippen molar-refractivity contribution in [3.05, 3.63) is 35.4 Å². The molecule has 0 saturated carbocycles. The summed E-state index contributed by atoms with van der Waals surface area (Å²) in [4.78, 5) is 25.6. The minimum atomic E-state index is -0.282. The molecule has 0 aliphatic rings. The van der Waals surface area contributed by atoms with E-state index in [0.29, 0.717) is 12.8 Å². The summed E-state index contributed by atoms with van der Waals surface area (Å²) in [5, 5.41) is 2.87. The minimum Gasteiger partial charge on any atom is -0.350 e. The molecular formula is C20H32N2O2. The number of hydrogen-bond donors (Lipinski definition) is 1. The van der Waals surface area contributed by atoms with Gasteiger partial charge in [0.05, 0.1) is 6.54 Å². The number of nitrogens with zero attached hydrogens (tertiary/aromatic N) is 1. The van der Waals surface area contributed by atoms with Crippen molar-refractivity contribution in [2.45, 2.75) is 65.3 Å². The van der Waals surface area contributed by atoms with Crippen molar-refractivity contribution >= 4 is 11.8 Å². The molecule has 0 aliphatic carbocycles. The van der Waals surface area contributed by atoms with Crippen molar-refractivity contribution in [1.29, 1.82) is 0 Å². The van der Waals surface area contributed by atoms with E-state index in [4.69, 9.17) is 0 Å². The second-order valence-corrected chi connectivity index (χ2v) is 8.49. The predicted octanol–water partition coefficient (Wildman–Crippen LogP) is 3.29. The zero-order valence-corrected chi connectivity index (χ0v) is 16.2. The van der Waals surface area contributed by atoms with Crippen LogP contribution in [-0.4, -0.2) is 35.8 Å². The third kappa shape index (κ3) is 7.16. The maximum absolute atomic E-state index is 12.2. The first-order valence-corrected chi connectivity index (χ1v) is 8.53. The van der Waals surface area contributed by atoms with Gasteiger partial charge < -0.3 is 10.2 Å². The van der Waals surface area contributed by atoms with Gasteiger partial charge >= 0.3 is 0 Å². The number of rotatable bonds is 5. The number of amides is 2. The maximum atomic E-state index is 12.2. The Labute approximate surface area is 146 Å². The van der Waals surface area contributed by atoms with E-state index in [2.05, 4.69) is 50.4 Å². The third-order valence-corrected chi connectivity index (χ3v) is 3.77. The summed E-state index contributed by atoms with van der Waals surface area (Å²) >= 11 is 0. The molecule has 0 saturated heterocycles. The van der Waals surface area contributed by atoms with Crippen LogP contribution in [0.2, 0.25) is 0 Å². The fourth-order valence-electron chi connectivity index (χ4n) is 2.37. The van der Waals surface area contributed by atoms with Crippen LogP contribution in [0.5, 0.6) is 0 Å². The van der Waals surface area contributed by atoms with Gasteiger partial charge in [0.25, 0.3) is 0 Å². The van der Waals surface area contributed by atoms with E-state index in [-0.39, 0.29) is 29.3 Å². The Morgan fingerprint density at radius 1 is 1.00 bits per heavy atom. The number of carbonyl (C=O) groups is 2. The SMILES string of the molecule is CN(CC(=O)NC(C)(C)C)C(=O)CCc1ccc(C(C)(C)C)cc1. The average molecular weight is 332 g/mol. The predicted molar refractivity (Wildman–Crippen MR) is 99.0 cm³/mol. The number of carbonyl (C=O) groups excluding carboxylic acids is 2. The number of likely N-dealkylation sites (N-methyl/N-ethyl adjacent to an activating group) is 1. The number of hydrogen-bond acceptors (Lipinski definition) is 2.